The van der Waals surface area contributed by atoms with Gasteiger partial charge in [-0.1, -0.05) is 96.8 Å². The van der Waals surface area contributed by atoms with Gasteiger partial charge in [-0.3, -0.25) is 0 Å². The molecule has 0 fully saturated rings. The molecule has 3 heteroatoms. The standard InChI is InChI=1S/C19H43N3/c1-2-3-4-5-6-7-8-9-10-11-12-13-14-15-16-18(17-20)19(21)22/h18-19H,2-17,20-22H2,1H3. The molecule has 0 saturated heterocycles. The molecule has 0 saturated carbocycles. The number of unbranched alkanes of at least 4 members (excludes halogenated alkanes) is 13. The maximum Gasteiger partial charge on any atom is 0.0562 e. The van der Waals surface area contributed by atoms with E-state index < -0.39 is 0 Å². The summed E-state index contributed by atoms with van der Waals surface area (Å²) in [5.74, 6) is 0.303. The zero-order valence-electron chi connectivity index (χ0n) is 15.2. The van der Waals surface area contributed by atoms with Gasteiger partial charge in [0, 0.05) is 0 Å². The van der Waals surface area contributed by atoms with Crippen LogP contribution in [0, 0.1) is 5.92 Å². The van der Waals surface area contributed by atoms with E-state index in [9.17, 15) is 0 Å². The van der Waals surface area contributed by atoms with Gasteiger partial charge in [-0.25, -0.2) is 0 Å². The molecular weight excluding hydrogens is 270 g/mol. The van der Waals surface area contributed by atoms with Crippen molar-refractivity contribution in [2.45, 2.75) is 109 Å². The summed E-state index contributed by atoms with van der Waals surface area (Å²) in [6, 6.07) is 0. The summed E-state index contributed by atoms with van der Waals surface area (Å²) >= 11 is 0. The summed E-state index contributed by atoms with van der Waals surface area (Å²) in [5.41, 5.74) is 17.1. The first kappa shape index (κ1) is 21.9. The van der Waals surface area contributed by atoms with E-state index in [0.29, 0.717) is 12.5 Å². The van der Waals surface area contributed by atoms with Crippen LogP contribution in [0.3, 0.4) is 0 Å². The monoisotopic (exact) mass is 313 g/mol. The lowest BCUT2D eigenvalue weighted by Crippen LogP contribution is -2.42. The average molecular weight is 314 g/mol. The van der Waals surface area contributed by atoms with Crippen molar-refractivity contribution in [3.63, 3.8) is 0 Å². The third-order valence-electron chi connectivity index (χ3n) is 4.78. The van der Waals surface area contributed by atoms with E-state index in [4.69, 9.17) is 17.2 Å². The van der Waals surface area contributed by atoms with E-state index in [2.05, 4.69) is 6.92 Å². The van der Waals surface area contributed by atoms with Crippen LogP contribution >= 0.6 is 0 Å². The Morgan fingerprint density at radius 1 is 0.591 bits per heavy atom. The van der Waals surface area contributed by atoms with Crippen LogP contribution in [0.4, 0.5) is 0 Å². The fourth-order valence-electron chi connectivity index (χ4n) is 3.07. The second-order valence-corrected chi connectivity index (χ2v) is 6.96. The first-order chi connectivity index (χ1) is 10.7. The minimum absolute atomic E-state index is 0.244. The topological polar surface area (TPSA) is 78.1 Å². The number of rotatable bonds is 17. The molecule has 0 aliphatic carbocycles. The zero-order valence-corrected chi connectivity index (χ0v) is 15.2. The molecule has 0 aliphatic rings. The highest BCUT2D eigenvalue weighted by molar-refractivity contribution is 4.68. The molecule has 22 heavy (non-hydrogen) atoms. The Labute approximate surface area is 139 Å². The Bertz CT molecular complexity index is 207. The van der Waals surface area contributed by atoms with Crippen LogP contribution < -0.4 is 17.2 Å². The first-order valence-corrected chi connectivity index (χ1v) is 9.93. The van der Waals surface area contributed by atoms with Crippen molar-refractivity contribution in [1.29, 1.82) is 0 Å². The van der Waals surface area contributed by atoms with Crippen molar-refractivity contribution in [2.75, 3.05) is 6.54 Å². The Kier molecular flexibility index (Phi) is 17.1. The molecular formula is C19H43N3. The minimum atomic E-state index is -0.244. The van der Waals surface area contributed by atoms with E-state index in [0.717, 1.165) is 6.42 Å². The fraction of sp³-hybridized carbons (Fsp3) is 1.00. The van der Waals surface area contributed by atoms with Crippen LogP contribution in [-0.2, 0) is 0 Å². The highest BCUT2D eigenvalue weighted by atomic mass is 14.9. The van der Waals surface area contributed by atoms with E-state index >= 15 is 0 Å². The lowest BCUT2D eigenvalue weighted by atomic mass is 9.98. The van der Waals surface area contributed by atoms with Crippen molar-refractivity contribution in [3.05, 3.63) is 0 Å². The molecule has 3 nitrogen and oxygen atoms in total. The van der Waals surface area contributed by atoms with Gasteiger partial charge in [-0.05, 0) is 18.9 Å². The Morgan fingerprint density at radius 3 is 1.27 bits per heavy atom. The summed E-state index contributed by atoms with van der Waals surface area (Å²) in [6.07, 6.45) is 20.4. The van der Waals surface area contributed by atoms with E-state index in [-0.39, 0.29) is 6.17 Å². The molecule has 1 unspecified atom stereocenters. The normalized spacial score (nSPS) is 13.0. The van der Waals surface area contributed by atoms with Gasteiger partial charge in [-0.15, -0.1) is 0 Å². The first-order valence-electron chi connectivity index (χ1n) is 9.93. The summed E-state index contributed by atoms with van der Waals surface area (Å²) in [7, 11) is 0. The van der Waals surface area contributed by atoms with Crippen LogP contribution in [-0.4, -0.2) is 12.7 Å². The van der Waals surface area contributed by atoms with Gasteiger partial charge in [-0.2, -0.15) is 0 Å². The Hall–Kier alpha value is -0.120. The predicted molar refractivity (Wildman–Crippen MR) is 99.6 cm³/mol. The summed E-state index contributed by atoms with van der Waals surface area (Å²) in [4.78, 5) is 0. The molecule has 0 bridgehead atoms. The maximum atomic E-state index is 5.70. The van der Waals surface area contributed by atoms with E-state index in [1.165, 1.54) is 89.9 Å². The quantitative estimate of drug-likeness (QED) is 0.269. The third kappa shape index (κ3) is 14.8. The highest BCUT2D eigenvalue weighted by Gasteiger charge is 2.10. The van der Waals surface area contributed by atoms with Crippen molar-refractivity contribution in [3.8, 4) is 0 Å². The third-order valence-corrected chi connectivity index (χ3v) is 4.78. The fourth-order valence-corrected chi connectivity index (χ4v) is 3.07. The van der Waals surface area contributed by atoms with Crippen molar-refractivity contribution < 1.29 is 0 Å². The van der Waals surface area contributed by atoms with Gasteiger partial charge in [0.15, 0.2) is 0 Å². The van der Waals surface area contributed by atoms with Gasteiger partial charge >= 0.3 is 0 Å². The average Bonchev–Trinajstić information content (AvgIpc) is 2.51. The molecule has 0 aromatic carbocycles. The van der Waals surface area contributed by atoms with Crippen LogP contribution in [0.5, 0.6) is 0 Å². The number of hydrogen-bond acceptors (Lipinski definition) is 3. The largest absolute Gasteiger partial charge is 0.330 e. The molecule has 0 heterocycles. The van der Waals surface area contributed by atoms with Crippen LogP contribution in [0.25, 0.3) is 0 Å². The van der Waals surface area contributed by atoms with Crippen molar-refractivity contribution in [1.82, 2.24) is 0 Å². The lowest BCUT2D eigenvalue weighted by Gasteiger charge is -2.18. The van der Waals surface area contributed by atoms with Gasteiger partial charge in [0.25, 0.3) is 0 Å². The molecule has 0 spiro atoms. The molecule has 134 valence electrons. The molecule has 1 atom stereocenters. The van der Waals surface area contributed by atoms with Crippen LogP contribution in [0.15, 0.2) is 0 Å². The number of hydrogen-bond donors (Lipinski definition) is 3. The Morgan fingerprint density at radius 2 is 0.955 bits per heavy atom. The zero-order chi connectivity index (χ0) is 16.5. The smallest absolute Gasteiger partial charge is 0.0562 e. The van der Waals surface area contributed by atoms with E-state index in [1.54, 1.807) is 0 Å². The predicted octanol–water partition coefficient (Wildman–Crippen LogP) is 4.68. The van der Waals surface area contributed by atoms with Gasteiger partial charge < -0.3 is 17.2 Å². The molecule has 0 aromatic rings. The Balaban J connectivity index is 3.11. The molecule has 0 radical (unpaired) electrons. The van der Waals surface area contributed by atoms with Crippen LogP contribution in [0.2, 0.25) is 0 Å². The lowest BCUT2D eigenvalue weighted by molar-refractivity contribution is 0.390. The molecule has 0 amide bonds. The molecule has 0 aliphatic heterocycles. The van der Waals surface area contributed by atoms with Crippen LogP contribution in [0.1, 0.15) is 103 Å². The maximum absolute atomic E-state index is 5.70. The second kappa shape index (κ2) is 17.2. The molecule has 6 N–H and O–H groups in total. The van der Waals surface area contributed by atoms with Gasteiger partial charge in [0.2, 0.25) is 0 Å². The van der Waals surface area contributed by atoms with Gasteiger partial charge in [0.05, 0.1) is 6.17 Å². The minimum Gasteiger partial charge on any atom is -0.330 e. The number of nitrogens with two attached hydrogens (primary N) is 3. The van der Waals surface area contributed by atoms with Crippen molar-refractivity contribution >= 4 is 0 Å². The summed E-state index contributed by atoms with van der Waals surface area (Å²) in [6.45, 7) is 2.90. The summed E-state index contributed by atoms with van der Waals surface area (Å²) < 4.78 is 0. The molecule has 0 aromatic heterocycles. The van der Waals surface area contributed by atoms with Crippen molar-refractivity contribution in [2.24, 2.45) is 23.1 Å². The second-order valence-electron chi connectivity index (χ2n) is 6.96. The van der Waals surface area contributed by atoms with Gasteiger partial charge in [0.1, 0.15) is 0 Å². The SMILES string of the molecule is CCCCCCCCCCCCCCCCC(CN)C(N)N. The summed E-state index contributed by atoms with van der Waals surface area (Å²) in [5, 5.41) is 0. The van der Waals surface area contributed by atoms with E-state index in [1.807, 2.05) is 0 Å². The highest BCUT2D eigenvalue weighted by Crippen LogP contribution is 2.15. The molecule has 0 rings (SSSR count).